The molecule has 0 saturated heterocycles. The molecule has 1 fully saturated rings. The number of aromatic nitrogens is 2. The van der Waals surface area contributed by atoms with E-state index >= 15 is 0 Å². The first-order valence-electron chi connectivity index (χ1n) is 6.05. The van der Waals surface area contributed by atoms with Gasteiger partial charge in [-0.2, -0.15) is 0 Å². The molecule has 3 nitrogen and oxygen atoms in total. The SMILES string of the molecule is Cc1cccc(-c2nc(N)c(I)c(C3CC3)n2)c1. The Morgan fingerprint density at radius 2 is 2.06 bits per heavy atom. The summed E-state index contributed by atoms with van der Waals surface area (Å²) in [5.74, 6) is 1.94. The second kappa shape index (κ2) is 4.50. The van der Waals surface area contributed by atoms with E-state index in [0.717, 1.165) is 20.7 Å². The van der Waals surface area contributed by atoms with Crippen LogP contribution >= 0.6 is 22.6 Å². The molecule has 1 aromatic heterocycles. The van der Waals surface area contributed by atoms with Gasteiger partial charge in [-0.25, -0.2) is 9.97 Å². The van der Waals surface area contributed by atoms with E-state index in [1.165, 1.54) is 18.4 Å². The molecule has 1 saturated carbocycles. The summed E-state index contributed by atoms with van der Waals surface area (Å²) < 4.78 is 1.02. The molecule has 1 aliphatic rings. The number of hydrogen-bond donors (Lipinski definition) is 1. The van der Waals surface area contributed by atoms with Gasteiger partial charge in [0.1, 0.15) is 5.82 Å². The molecular weight excluding hydrogens is 337 g/mol. The highest BCUT2D eigenvalue weighted by Gasteiger charge is 2.29. The normalized spacial score (nSPS) is 14.8. The average Bonchev–Trinajstić information content (AvgIpc) is 3.16. The number of nitrogen functional groups attached to an aromatic ring is 1. The van der Waals surface area contributed by atoms with Crippen LogP contribution in [0.2, 0.25) is 0 Å². The zero-order valence-corrected chi connectivity index (χ0v) is 12.3. The topological polar surface area (TPSA) is 51.8 Å². The third-order valence-corrected chi connectivity index (χ3v) is 4.25. The zero-order valence-electron chi connectivity index (χ0n) is 10.2. The molecule has 1 heterocycles. The minimum atomic E-state index is 0.589. The van der Waals surface area contributed by atoms with E-state index in [1.807, 2.05) is 12.1 Å². The van der Waals surface area contributed by atoms with Crippen molar-refractivity contribution >= 4 is 28.4 Å². The van der Waals surface area contributed by atoms with Gasteiger partial charge in [-0.1, -0.05) is 23.8 Å². The highest BCUT2D eigenvalue weighted by Crippen LogP contribution is 2.42. The van der Waals surface area contributed by atoms with Crippen molar-refractivity contribution in [3.8, 4) is 11.4 Å². The number of nitrogens with two attached hydrogens (primary N) is 1. The van der Waals surface area contributed by atoms with Crippen LogP contribution in [0.1, 0.15) is 30.0 Å². The van der Waals surface area contributed by atoms with Crippen LogP contribution in [0.4, 0.5) is 5.82 Å². The molecule has 3 rings (SSSR count). The van der Waals surface area contributed by atoms with E-state index in [1.54, 1.807) is 0 Å². The van der Waals surface area contributed by atoms with E-state index in [9.17, 15) is 0 Å². The number of nitrogens with zero attached hydrogens (tertiary/aromatic N) is 2. The molecule has 2 aromatic rings. The van der Waals surface area contributed by atoms with E-state index in [2.05, 4.69) is 46.6 Å². The van der Waals surface area contributed by atoms with E-state index < -0.39 is 0 Å². The maximum absolute atomic E-state index is 6.00. The number of halogens is 1. The Kier molecular flexibility index (Phi) is 2.97. The largest absolute Gasteiger partial charge is 0.383 e. The molecule has 0 radical (unpaired) electrons. The Balaban J connectivity index is 2.12. The molecule has 1 aromatic carbocycles. The number of benzene rings is 1. The second-order valence-corrected chi connectivity index (χ2v) is 5.85. The highest BCUT2D eigenvalue weighted by molar-refractivity contribution is 14.1. The molecule has 18 heavy (non-hydrogen) atoms. The smallest absolute Gasteiger partial charge is 0.161 e. The maximum atomic E-state index is 6.00. The predicted octanol–water partition coefficient (Wildman–Crippen LogP) is 3.52. The monoisotopic (exact) mass is 351 g/mol. The van der Waals surface area contributed by atoms with Gasteiger partial charge in [-0.05, 0) is 48.4 Å². The van der Waals surface area contributed by atoms with Crippen molar-refractivity contribution in [3.05, 3.63) is 39.1 Å². The molecule has 0 spiro atoms. The molecule has 0 amide bonds. The van der Waals surface area contributed by atoms with Crippen LogP contribution in [0.5, 0.6) is 0 Å². The van der Waals surface area contributed by atoms with Crippen molar-refractivity contribution in [2.24, 2.45) is 0 Å². The Hall–Kier alpha value is -1.17. The fourth-order valence-corrected chi connectivity index (χ4v) is 2.70. The van der Waals surface area contributed by atoms with Gasteiger partial charge >= 0.3 is 0 Å². The first kappa shape index (κ1) is 11.9. The fraction of sp³-hybridized carbons (Fsp3) is 0.286. The fourth-order valence-electron chi connectivity index (χ4n) is 2.02. The lowest BCUT2D eigenvalue weighted by Crippen LogP contribution is -2.04. The van der Waals surface area contributed by atoms with E-state index in [-0.39, 0.29) is 0 Å². The first-order chi connectivity index (χ1) is 8.65. The lowest BCUT2D eigenvalue weighted by atomic mass is 10.1. The minimum absolute atomic E-state index is 0.589. The van der Waals surface area contributed by atoms with Crippen LogP contribution in [0.3, 0.4) is 0 Å². The lowest BCUT2D eigenvalue weighted by Gasteiger charge is -2.08. The summed E-state index contributed by atoms with van der Waals surface area (Å²) in [4.78, 5) is 9.12. The van der Waals surface area contributed by atoms with Crippen molar-refractivity contribution in [1.29, 1.82) is 0 Å². The predicted molar refractivity (Wildman–Crippen MR) is 81.3 cm³/mol. The molecule has 0 aliphatic heterocycles. The van der Waals surface area contributed by atoms with Gasteiger partial charge in [-0.3, -0.25) is 0 Å². The summed E-state index contributed by atoms with van der Waals surface area (Å²) in [7, 11) is 0. The van der Waals surface area contributed by atoms with Crippen molar-refractivity contribution in [2.45, 2.75) is 25.7 Å². The number of rotatable bonds is 2. The Bertz CT molecular complexity index is 606. The lowest BCUT2D eigenvalue weighted by molar-refractivity contribution is 0.982. The second-order valence-electron chi connectivity index (χ2n) is 4.78. The number of aryl methyl sites for hydroxylation is 1. The molecular formula is C14H14IN3. The first-order valence-corrected chi connectivity index (χ1v) is 7.13. The molecule has 2 N–H and O–H groups in total. The Morgan fingerprint density at radius 1 is 1.28 bits per heavy atom. The van der Waals surface area contributed by atoms with Crippen LogP contribution in [0, 0.1) is 10.5 Å². The summed E-state index contributed by atoms with van der Waals surface area (Å²) in [6.45, 7) is 2.07. The van der Waals surface area contributed by atoms with Crippen LogP contribution < -0.4 is 5.73 Å². The van der Waals surface area contributed by atoms with Crippen molar-refractivity contribution in [2.75, 3.05) is 5.73 Å². The Labute approximate surface area is 120 Å². The summed E-state index contributed by atoms with van der Waals surface area (Å²) >= 11 is 2.25. The number of anilines is 1. The van der Waals surface area contributed by atoms with Crippen molar-refractivity contribution in [1.82, 2.24) is 9.97 Å². The van der Waals surface area contributed by atoms with Crippen molar-refractivity contribution in [3.63, 3.8) is 0 Å². The summed E-state index contributed by atoms with van der Waals surface area (Å²) in [6, 6.07) is 8.23. The summed E-state index contributed by atoms with van der Waals surface area (Å²) in [6.07, 6.45) is 2.44. The van der Waals surface area contributed by atoms with E-state index in [4.69, 9.17) is 10.7 Å². The molecule has 92 valence electrons. The quantitative estimate of drug-likeness (QED) is 0.843. The van der Waals surface area contributed by atoms with Crippen LogP contribution in [-0.4, -0.2) is 9.97 Å². The average molecular weight is 351 g/mol. The van der Waals surface area contributed by atoms with Gasteiger partial charge < -0.3 is 5.73 Å². The molecule has 1 aliphatic carbocycles. The van der Waals surface area contributed by atoms with Gasteiger partial charge in [0.25, 0.3) is 0 Å². The van der Waals surface area contributed by atoms with Crippen LogP contribution in [0.15, 0.2) is 24.3 Å². The maximum Gasteiger partial charge on any atom is 0.161 e. The van der Waals surface area contributed by atoms with Gasteiger partial charge in [-0.15, -0.1) is 0 Å². The molecule has 0 unspecified atom stereocenters. The third kappa shape index (κ3) is 2.21. The van der Waals surface area contributed by atoms with Gasteiger partial charge in [0, 0.05) is 11.5 Å². The minimum Gasteiger partial charge on any atom is -0.383 e. The highest BCUT2D eigenvalue weighted by atomic mass is 127. The van der Waals surface area contributed by atoms with Gasteiger partial charge in [0.15, 0.2) is 5.82 Å². The summed E-state index contributed by atoms with van der Waals surface area (Å²) in [5, 5.41) is 0. The molecule has 4 heteroatoms. The molecule has 0 bridgehead atoms. The van der Waals surface area contributed by atoms with Gasteiger partial charge in [0.2, 0.25) is 0 Å². The van der Waals surface area contributed by atoms with Gasteiger partial charge in [0.05, 0.1) is 9.26 Å². The van der Waals surface area contributed by atoms with Crippen LogP contribution in [-0.2, 0) is 0 Å². The third-order valence-electron chi connectivity index (χ3n) is 3.14. The standard InChI is InChI=1S/C14H14IN3/c1-8-3-2-4-10(7-8)14-17-12(9-5-6-9)11(15)13(16)18-14/h2-4,7,9H,5-6H2,1H3,(H2,16,17,18). The summed E-state index contributed by atoms with van der Waals surface area (Å²) in [5.41, 5.74) is 9.38. The van der Waals surface area contributed by atoms with E-state index in [0.29, 0.717) is 11.7 Å². The molecule has 0 atom stereocenters. The Morgan fingerprint density at radius 3 is 2.72 bits per heavy atom. The van der Waals surface area contributed by atoms with Crippen LogP contribution in [0.25, 0.3) is 11.4 Å². The zero-order chi connectivity index (χ0) is 12.7. The number of hydrogen-bond acceptors (Lipinski definition) is 3. The van der Waals surface area contributed by atoms with Crippen molar-refractivity contribution < 1.29 is 0 Å².